The van der Waals surface area contributed by atoms with E-state index in [4.69, 9.17) is 0 Å². The Morgan fingerprint density at radius 3 is 2.46 bits per heavy atom. The maximum Gasteiger partial charge on any atom is 0.312 e. The predicted molar refractivity (Wildman–Crippen MR) is 95.8 cm³/mol. The van der Waals surface area contributed by atoms with Gasteiger partial charge >= 0.3 is 5.69 Å². The van der Waals surface area contributed by atoms with E-state index in [9.17, 15) is 14.9 Å². The number of aromatic nitrogens is 2. The average Bonchev–Trinajstić information content (AvgIpc) is 2.90. The number of nitrogens with zero attached hydrogens (tertiary/aromatic N) is 4. The van der Waals surface area contributed by atoms with Gasteiger partial charge < -0.3 is 9.80 Å². The summed E-state index contributed by atoms with van der Waals surface area (Å²) in [4.78, 5) is 26.5. The van der Waals surface area contributed by atoms with E-state index in [0.29, 0.717) is 24.5 Å². The largest absolute Gasteiger partial charge is 0.330 e. The lowest BCUT2D eigenvalue weighted by Crippen LogP contribution is -3.13. The van der Waals surface area contributed by atoms with Crippen LogP contribution in [0.4, 0.5) is 5.69 Å². The van der Waals surface area contributed by atoms with Gasteiger partial charge in [0.2, 0.25) is 5.91 Å². The van der Waals surface area contributed by atoms with Crippen LogP contribution >= 0.6 is 0 Å². The summed E-state index contributed by atoms with van der Waals surface area (Å²) in [5.41, 5.74) is 2.07. The van der Waals surface area contributed by atoms with Gasteiger partial charge in [-0.3, -0.25) is 19.6 Å². The molecule has 1 aromatic heterocycles. The minimum absolute atomic E-state index is 0.00470. The number of hydrogen-bond donors (Lipinski definition) is 1. The fourth-order valence-corrected chi connectivity index (χ4v) is 3.47. The number of hydrogen-bond acceptors (Lipinski definition) is 4. The van der Waals surface area contributed by atoms with Gasteiger partial charge in [-0.25, -0.2) is 0 Å². The topological polar surface area (TPSA) is 85.7 Å². The van der Waals surface area contributed by atoms with Crippen LogP contribution in [-0.4, -0.2) is 51.7 Å². The summed E-state index contributed by atoms with van der Waals surface area (Å²) in [5, 5.41) is 15.2. The van der Waals surface area contributed by atoms with Crippen LogP contribution in [0, 0.1) is 24.0 Å². The Balaban J connectivity index is 1.56. The van der Waals surface area contributed by atoms with Crippen LogP contribution < -0.4 is 4.90 Å². The van der Waals surface area contributed by atoms with Crippen LogP contribution in [-0.2, 0) is 17.9 Å². The minimum atomic E-state index is -0.440. The van der Waals surface area contributed by atoms with E-state index in [2.05, 4.69) is 17.2 Å². The zero-order valence-corrected chi connectivity index (χ0v) is 15.1. The third-order valence-electron chi connectivity index (χ3n) is 4.93. The molecule has 1 fully saturated rings. The number of nitro groups is 1. The van der Waals surface area contributed by atoms with Gasteiger partial charge in [0.15, 0.2) is 0 Å². The van der Waals surface area contributed by atoms with Crippen molar-refractivity contribution in [2.75, 3.05) is 26.2 Å². The fraction of sp³-hybridized carbons (Fsp3) is 0.444. The number of carbonyl (C=O) groups is 1. The molecule has 0 atom stereocenters. The molecular formula is C18H24N5O3+. The molecule has 0 radical (unpaired) electrons. The summed E-state index contributed by atoms with van der Waals surface area (Å²) >= 11 is 0. The summed E-state index contributed by atoms with van der Waals surface area (Å²) in [6.07, 6.45) is 0. The molecular weight excluding hydrogens is 334 g/mol. The van der Waals surface area contributed by atoms with Crippen molar-refractivity contribution in [3.05, 3.63) is 57.4 Å². The van der Waals surface area contributed by atoms with Crippen molar-refractivity contribution >= 4 is 11.6 Å². The second-order valence-corrected chi connectivity index (χ2v) is 6.73. The molecule has 2 aromatic rings. The molecule has 1 aliphatic heterocycles. The molecule has 26 heavy (non-hydrogen) atoms. The Bertz CT molecular complexity index is 795. The predicted octanol–water partition coefficient (Wildman–Crippen LogP) is 0.335. The van der Waals surface area contributed by atoms with Gasteiger partial charge in [-0.05, 0) is 13.8 Å². The smallest absolute Gasteiger partial charge is 0.312 e. The lowest BCUT2D eigenvalue weighted by Gasteiger charge is -2.32. The van der Waals surface area contributed by atoms with E-state index < -0.39 is 4.92 Å². The highest BCUT2D eigenvalue weighted by molar-refractivity contribution is 5.76. The highest BCUT2D eigenvalue weighted by Gasteiger charge is 2.27. The standard InChI is InChI=1S/C18H23N5O3/c1-14-18(23(25)26)15(2)22(19-14)13-17(24)21-10-8-20(9-11-21)12-16-6-4-3-5-7-16/h3-7H,8-13H2,1-2H3/p+1. The summed E-state index contributed by atoms with van der Waals surface area (Å²) < 4.78 is 1.44. The summed E-state index contributed by atoms with van der Waals surface area (Å²) in [6, 6.07) is 10.4. The van der Waals surface area contributed by atoms with Gasteiger partial charge in [0.05, 0.1) is 31.1 Å². The van der Waals surface area contributed by atoms with Crippen LogP contribution in [0.2, 0.25) is 0 Å². The molecule has 1 N–H and O–H groups in total. The van der Waals surface area contributed by atoms with Crippen LogP contribution in [0.15, 0.2) is 30.3 Å². The van der Waals surface area contributed by atoms with E-state index in [1.165, 1.54) is 15.1 Å². The molecule has 2 heterocycles. The SMILES string of the molecule is Cc1nn(CC(=O)N2CC[NH+](Cc3ccccc3)CC2)c(C)c1[N+](=O)[O-]. The Morgan fingerprint density at radius 1 is 1.23 bits per heavy atom. The quantitative estimate of drug-likeness (QED) is 0.617. The van der Waals surface area contributed by atoms with Crippen LogP contribution in [0.5, 0.6) is 0 Å². The number of piperazine rings is 1. The van der Waals surface area contributed by atoms with Crippen molar-refractivity contribution in [2.24, 2.45) is 0 Å². The Labute approximate surface area is 152 Å². The van der Waals surface area contributed by atoms with Gasteiger partial charge in [0.25, 0.3) is 0 Å². The number of nitrogens with one attached hydrogen (secondary N) is 1. The van der Waals surface area contributed by atoms with Crippen molar-refractivity contribution in [3.8, 4) is 0 Å². The maximum atomic E-state index is 12.6. The van der Waals surface area contributed by atoms with Crippen molar-refractivity contribution in [1.29, 1.82) is 0 Å². The lowest BCUT2D eigenvalue weighted by molar-refractivity contribution is -0.917. The number of rotatable bonds is 5. The zero-order chi connectivity index (χ0) is 18.7. The second kappa shape index (κ2) is 7.65. The molecule has 138 valence electrons. The van der Waals surface area contributed by atoms with E-state index in [1.807, 2.05) is 23.1 Å². The first-order chi connectivity index (χ1) is 12.5. The van der Waals surface area contributed by atoms with Gasteiger partial charge in [-0.1, -0.05) is 30.3 Å². The third kappa shape index (κ3) is 3.91. The zero-order valence-electron chi connectivity index (χ0n) is 15.1. The van der Waals surface area contributed by atoms with Crippen LogP contribution in [0.25, 0.3) is 0 Å². The second-order valence-electron chi connectivity index (χ2n) is 6.73. The first-order valence-electron chi connectivity index (χ1n) is 8.79. The first kappa shape index (κ1) is 18.1. The molecule has 8 heteroatoms. The third-order valence-corrected chi connectivity index (χ3v) is 4.93. The van der Waals surface area contributed by atoms with Gasteiger partial charge in [0, 0.05) is 5.56 Å². The molecule has 1 aromatic carbocycles. The van der Waals surface area contributed by atoms with Gasteiger partial charge in [-0.2, -0.15) is 5.10 Å². The minimum Gasteiger partial charge on any atom is -0.330 e. The number of aryl methyl sites for hydroxylation is 1. The molecule has 0 saturated carbocycles. The van der Waals surface area contributed by atoms with Crippen molar-refractivity contribution in [2.45, 2.75) is 26.9 Å². The lowest BCUT2D eigenvalue weighted by atomic mass is 10.2. The van der Waals surface area contributed by atoms with Crippen LogP contribution in [0.1, 0.15) is 17.0 Å². The van der Waals surface area contributed by atoms with Crippen molar-refractivity contribution < 1.29 is 14.6 Å². The van der Waals surface area contributed by atoms with E-state index in [1.54, 1.807) is 13.8 Å². The summed E-state index contributed by atoms with van der Waals surface area (Å²) in [6.45, 7) is 7.44. The van der Waals surface area contributed by atoms with E-state index in [-0.39, 0.29) is 18.1 Å². The normalized spacial score (nSPS) is 15.2. The molecule has 8 nitrogen and oxygen atoms in total. The van der Waals surface area contributed by atoms with Gasteiger partial charge in [-0.15, -0.1) is 0 Å². The highest BCUT2D eigenvalue weighted by Crippen LogP contribution is 2.21. The molecule has 0 bridgehead atoms. The molecule has 1 aliphatic rings. The van der Waals surface area contributed by atoms with E-state index in [0.717, 1.165) is 19.6 Å². The fourth-order valence-electron chi connectivity index (χ4n) is 3.47. The first-order valence-corrected chi connectivity index (χ1v) is 8.79. The molecule has 0 spiro atoms. The molecule has 3 rings (SSSR count). The maximum absolute atomic E-state index is 12.6. The highest BCUT2D eigenvalue weighted by atomic mass is 16.6. The number of quaternary nitrogens is 1. The average molecular weight is 358 g/mol. The molecule has 0 aliphatic carbocycles. The van der Waals surface area contributed by atoms with E-state index >= 15 is 0 Å². The van der Waals surface area contributed by atoms with Crippen molar-refractivity contribution in [3.63, 3.8) is 0 Å². The number of benzene rings is 1. The van der Waals surface area contributed by atoms with Crippen molar-refractivity contribution in [1.82, 2.24) is 14.7 Å². The number of carbonyl (C=O) groups excluding carboxylic acids is 1. The monoisotopic (exact) mass is 358 g/mol. The summed E-state index contributed by atoms with van der Waals surface area (Å²) in [5.74, 6) is -0.0377. The molecule has 1 amide bonds. The number of amides is 1. The van der Waals surface area contributed by atoms with Gasteiger partial charge in [0.1, 0.15) is 24.5 Å². The Kier molecular flexibility index (Phi) is 5.32. The molecule has 0 unspecified atom stereocenters. The Hall–Kier alpha value is -2.74. The van der Waals surface area contributed by atoms with Crippen LogP contribution in [0.3, 0.4) is 0 Å². The summed E-state index contributed by atoms with van der Waals surface area (Å²) in [7, 11) is 0. The molecule has 1 saturated heterocycles. The Morgan fingerprint density at radius 2 is 1.88 bits per heavy atom.